The Labute approximate surface area is 136 Å². The van der Waals surface area contributed by atoms with Crippen LogP contribution in [0, 0.1) is 0 Å². The number of aliphatic hydroxyl groups is 1. The average molecular weight is 325 g/mol. The zero-order valence-corrected chi connectivity index (χ0v) is 15.0. The summed E-state index contributed by atoms with van der Waals surface area (Å²) in [5, 5.41) is 17.4. The normalized spacial score (nSPS) is 18.1. The summed E-state index contributed by atoms with van der Waals surface area (Å²) in [6, 6.07) is 1.90. The van der Waals surface area contributed by atoms with Crippen LogP contribution in [0.4, 0.5) is 0 Å². The molecule has 0 aliphatic heterocycles. The number of aromatic nitrogens is 2. The minimum atomic E-state index is -0.902. The average Bonchev–Trinajstić information content (AvgIpc) is 3.13. The first kappa shape index (κ1) is 17.3. The van der Waals surface area contributed by atoms with Gasteiger partial charge in [0, 0.05) is 23.9 Å². The van der Waals surface area contributed by atoms with Gasteiger partial charge >= 0.3 is 0 Å². The van der Waals surface area contributed by atoms with Crippen LogP contribution in [0.3, 0.4) is 0 Å². The number of hydrogen-bond acceptors (Lipinski definition) is 4. The summed E-state index contributed by atoms with van der Waals surface area (Å²) in [5.74, 6) is 0.899. The van der Waals surface area contributed by atoms with Gasteiger partial charge in [-0.25, -0.2) is 0 Å². The Kier molecular flexibility index (Phi) is 4.92. The standard InChI is InChI=1S/C16H27N3O2S/c1-15(2,3)19-13(11-6-7-11)8-12(18-19)14(20)17-9-16(4,21)10-22-5/h8,11,21H,6-7,9-10H2,1-5H3,(H,17,20). The van der Waals surface area contributed by atoms with Crippen LogP contribution >= 0.6 is 11.8 Å². The van der Waals surface area contributed by atoms with Crippen LogP contribution in [0.2, 0.25) is 0 Å². The zero-order chi connectivity index (χ0) is 16.5. The van der Waals surface area contributed by atoms with E-state index in [1.54, 1.807) is 18.7 Å². The minimum absolute atomic E-state index is 0.138. The van der Waals surface area contributed by atoms with Gasteiger partial charge in [0.15, 0.2) is 0 Å². The maximum Gasteiger partial charge on any atom is 0.271 e. The van der Waals surface area contributed by atoms with Crippen molar-refractivity contribution in [2.45, 2.75) is 57.6 Å². The van der Waals surface area contributed by atoms with Crippen molar-refractivity contribution in [1.82, 2.24) is 15.1 Å². The van der Waals surface area contributed by atoms with Crippen molar-refractivity contribution >= 4 is 17.7 Å². The van der Waals surface area contributed by atoms with Crippen LogP contribution in [-0.4, -0.2) is 44.9 Å². The summed E-state index contributed by atoms with van der Waals surface area (Å²) in [7, 11) is 0. The lowest BCUT2D eigenvalue weighted by Crippen LogP contribution is -2.42. The molecule has 2 rings (SSSR count). The van der Waals surface area contributed by atoms with E-state index in [2.05, 4.69) is 31.2 Å². The number of carbonyl (C=O) groups is 1. The number of amides is 1. The monoisotopic (exact) mass is 325 g/mol. The van der Waals surface area contributed by atoms with E-state index < -0.39 is 5.60 Å². The van der Waals surface area contributed by atoms with Gasteiger partial charge in [0.25, 0.3) is 5.91 Å². The summed E-state index contributed by atoms with van der Waals surface area (Å²) in [6.07, 6.45) is 4.28. The highest BCUT2D eigenvalue weighted by atomic mass is 32.2. The largest absolute Gasteiger partial charge is 0.387 e. The van der Waals surface area contributed by atoms with Crippen molar-refractivity contribution in [1.29, 1.82) is 0 Å². The smallest absolute Gasteiger partial charge is 0.271 e. The Bertz CT molecular complexity index is 542. The SMILES string of the molecule is CSCC(C)(O)CNC(=O)c1cc(C2CC2)n(C(C)(C)C)n1. The molecule has 0 bridgehead atoms. The lowest BCUT2D eigenvalue weighted by molar-refractivity contribution is 0.0721. The van der Waals surface area contributed by atoms with Crippen LogP contribution in [-0.2, 0) is 5.54 Å². The van der Waals surface area contributed by atoms with E-state index in [0.29, 0.717) is 17.4 Å². The molecule has 1 fully saturated rings. The Morgan fingerprint density at radius 2 is 2.09 bits per heavy atom. The Morgan fingerprint density at radius 3 is 2.59 bits per heavy atom. The summed E-state index contributed by atoms with van der Waals surface area (Å²) < 4.78 is 1.97. The summed E-state index contributed by atoms with van der Waals surface area (Å²) in [6.45, 7) is 8.24. The van der Waals surface area contributed by atoms with E-state index in [0.717, 1.165) is 5.69 Å². The van der Waals surface area contributed by atoms with Crippen molar-refractivity contribution in [2.24, 2.45) is 0 Å². The van der Waals surface area contributed by atoms with Crippen molar-refractivity contribution in [3.63, 3.8) is 0 Å². The molecule has 1 aromatic heterocycles. The van der Waals surface area contributed by atoms with Gasteiger partial charge in [-0.1, -0.05) is 0 Å². The lowest BCUT2D eigenvalue weighted by Gasteiger charge is -2.23. The molecule has 1 saturated carbocycles. The van der Waals surface area contributed by atoms with Crippen molar-refractivity contribution < 1.29 is 9.90 Å². The molecular weight excluding hydrogens is 298 g/mol. The number of nitrogens with one attached hydrogen (secondary N) is 1. The number of rotatable bonds is 6. The Morgan fingerprint density at radius 1 is 1.45 bits per heavy atom. The van der Waals surface area contributed by atoms with Crippen molar-refractivity contribution in [3.8, 4) is 0 Å². The molecule has 1 atom stereocenters. The molecule has 1 unspecified atom stereocenters. The maximum absolute atomic E-state index is 12.3. The van der Waals surface area contributed by atoms with E-state index in [1.807, 2.05) is 17.0 Å². The van der Waals surface area contributed by atoms with Crippen LogP contribution in [0.5, 0.6) is 0 Å². The number of thioether (sulfide) groups is 1. The highest BCUT2D eigenvalue weighted by molar-refractivity contribution is 7.98. The fourth-order valence-corrected chi connectivity index (χ4v) is 3.16. The fraction of sp³-hybridized carbons (Fsp3) is 0.750. The van der Waals surface area contributed by atoms with E-state index in [-0.39, 0.29) is 18.0 Å². The lowest BCUT2D eigenvalue weighted by atomic mass is 10.1. The first-order valence-electron chi connectivity index (χ1n) is 7.74. The zero-order valence-electron chi connectivity index (χ0n) is 14.1. The Balaban J connectivity index is 2.10. The van der Waals surface area contributed by atoms with Crippen molar-refractivity contribution in [2.75, 3.05) is 18.6 Å². The third kappa shape index (κ3) is 4.26. The number of carbonyl (C=O) groups excluding carboxylic acids is 1. The number of nitrogens with zero attached hydrogens (tertiary/aromatic N) is 2. The summed E-state index contributed by atoms with van der Waals surface area (Å²) >= 11 is 1.56. The van der Waals surface area contributed by atoms with E-state index >= 15 is 0 Å². The molecule has 0 spiro atoms. The van der Waals surface area contributed by atoms with Gasteiger partial charge in [-0.2, -0.15) is 16.9 Å². The molecule has 124 valence electrons. The van der Waals surface area contributed by atoms with Gasteiger partial charge in [0.05, 0.1) is 11.1 Å². The summed E-state index contributed by atoms with van der Waals surface area (Å²) in [5.41, 5.74) is 0.548. The Hall–Kier alpha value is -1.01. The highest BCUT2D eigenvalue weighted by Crippen LogP contribution is 2.41. The van der Waals surface area contributed by atoms with Crippen LogP contribution in [0.1, 0.15) is 62.6 Å². The van der Waals surface area contributed by atoms with Gasteiger partial charge < -0.3 is 10.4 Å². The topological polar surface area (TPSA) is 67.2 Å². The van der Waals surface area contributed by atoms with Gasteiger partial charge in [-0.15, -0.1) is 0 Å². The molecule has 1 heterocycles. The van der Waals surface area contributed by atoms with Crippen LogP contribution in [0.15, 0.2) is 6.07 Å². The van der Waals surface area contributed by atoms with Gasteiger partial charge in [-0.3, -0.25) is 9.48 Å². The summed E-state index contributed by atoms with van der Waals surface area (Å²) in [4.78, 5) is 12.3. The molecule has 1 aromatic rings. The minimum Gasteiger partial charge on any atom is -0.387 e. The highest BCUT2D eigenvalue weighted by Gasteiger charge is 2.32. The van der Waals surface area contributed by atoms with E-state index in [4.69, 9.17) is 0 Å². The first-order valence-corrected chi connectivity index (χ1v) is 9.13. The maximum atomic E-state index is 12.3. The van der Waals surface area contributed by atoms with E-state index in [9.17, 15) is 9.90 Å². The van der Waals surface area contributed by atoms with Gasteiger partial charge in [-0.05, 0) is 52.9 Å². The molecule has 2 N–H and O–H groups in total. The molecular formula is C16H27N3O2S. The second-order valence-corrected chi connectivity index (χ2v) is 8.29. The third-order valence-corrected chi connectivity index (χ3v) is 4.60. The number of hydrogen-bond donors (Lipinski definition) is 2. The molecule has 6 heteroatoms. The van der Waals surface area contributed by atoms with Gasteiger partial charge in [0.2, 0.25) is 0 Å². The molecule has 5 nitrogen and oxygen atoms in total. The molecule has 1 amide bonds. The predicted molar refractivity (Wildman–Crippen MR) is 90.5 cm³/mol. The molecule has 1 aliphatic carbocycles. The van der Waals surface area contributed by atoms with Gasteiger partial charge in [0.1, 0.15) is 5.69 Å². The molecule has 0 aromatic carbocycles. The molecule has 1 aliphatic rings. The molecule has 22 heavy (non-hydrogen) atoms. The molecule has 0 radical (unpaired) electrons. The third-order valence-electron chi connectivity index (χ3n) is 3.69. The van der Waals surface area contributed by atoms with Crippen molar-refractivity contribution in [3.05, 3.63) is 17.5 Å². The predicted octanol–water partition coefficient (Wildman–Crippen LogP) is 2.36. The second kappa shape index (κ2) is 6.24. The van der Waals surface area contributed by atoms with E-state index in [1.165, 1.54) is 12.8 Å². The van der Waals surface area contributed by atoms with Crippen LogP contribution < -0.4 is 5.32 Å². The first-order chi connectivity index (χ1) is 10.1. The van der Waals surface area contributed by atoms with Crippen LogP contribution in [0.25, 0.3) is 0 Å². The second-order valence-electron chi connectivity index (χ2n) is 7.42. The fourth-order valence-electron chi connectivity index (χ4n) is 2.44. The quantitative estimate of drug-likeness (QED) is 0.842. The molecule has 0 saturated heterocycles.